The SMILES string of the molecule is C=C1C(C)SC(c2cccnc2)N1C. The first kappa shape index (κ1) is 9.59. The molecule has 1 aliphatic heterocycles. The van der Waals surface area contributed by atoms with Crippen molar-refractivity contribution in [3.8, 4) is 0 Å². The summed E-state index contributed by atoms with van der Waals surface area (Å²) in [4.78, 5) is 6.37. The highest BCUT2D eigenvalue weighted by molar-refractivity contribution is 8.00. The first-order chi connectivity index (χ1) is 6.70. The minimum Gasteiger partial charge on any atom is -0.361 e. The summed E-state index contributed by atoms with van der Waals surface area (Å²) in [5, 5.41) is 0.886. The van der Waals surface area contributed by atoms with Gasteiger partial charge in [0, 0.05) is 36.0 Å². The average Bonchev–Trinajstić information content (AvgIpc) is 2.47. The van der Waals surface area contributed by atoms with Gasteiger partial charge in [0.2, 0.25) is 0 Å². The largest absolute Gasteiger partial charge is 0.361 e. The van der Waals surface area contributed by atoms with Crippen LogP contribution in [-0.2, 0) is 0 Å². The summed E-state index contributed by atoms with van der Waals surface area (Å²) < 4.78 is 0. The average molecular weight is 206 g/mol. The number of nitrogens with zero attached hydrogens (tertiary/aromatic N) is 2. The third-order valence-corrected chi connectivity index (χ3v) is 4.10. The smallest absolute Gasteiger partial charge is 0.102 e. The molecule has 2 nitrogen and oxygen atoms in total. The Kier molecular flexibility index (Phi) is 2.50. The third-order valence-electron chi connectivity index (χ3n) is 2.58. The number of aromatic nitrogens is 1. The lowest BCUT2D eigenvalue weighted by Gasteiger charge is -2.21. The first-order valence-corrected chi connectivity index (χ1v) is 5.61. The van der Waals surface area contributed by atoms with Gasteiger partial charge in [0.25, 0.3) is 0 Å². The normalized spacial score (nSPS) is 27.0. The van der Waals surface area contributed by atoms with E-state index >= 15 is 0 Å². The van der Waals surface area contributed by atoms with Crippen LogP contribution in [0.1, 0.15) is 17.9 Å². The number of thioether (sulfide) groups is 1. The Morgan fingerprint density at radius 1 is 1.57 bits per heavy atom. The molecule has 2 atom stereocenters. The zero-order chi connectivity index (χ0) is 10.1. The van der Waals surface area contributed by atoms with E-state index in [-0.39, 0.29) is 0 Å². The van der Waals surface area contributed by atoms with Crippen LogP contribution in [-0.4, -0.2) is 22.2 Å². The molecule has 0 spiro atoms. The highest BCUT2D eigenvalue weighted by atomic mass is 32.2. The Labute approximate surface area is 89.0 Å². The van der Waals surface area contributed by atoms with E-state index in [9.17, 15) is 0 Å². The van der Waals surface area contributed by atoms with E-state index in [1.807, 2.05) is 24.0 Å². The molecule has 0 bridgehead atoms. The van der Waals surface area contributed by atoms with Crippen molar-refractivity contribution >= 4 is 11.8 Å². The minimum absolute atomic E-state index is 0.381. The van der Waals surface area contributed by atoms with Crippen molar-refractivity contribution in [2.75, 3.05) is 7.05 Å². The lowest BCUT2D eigenvalue weighted by atomic mass is 10.2. The highest BCUT2D eigenvalue weighted by Gasteiger charge is 2.31. The molecular weight excluding hydrogens is 192 g/mol. The van der Waals surface area contributed by atoms with Crippen LogP contribution in [0.15, 0.2) is 36.8 Å². The van der Waals surface area contributed by atoms with Gasteiger partial charge in [-0.3, -0.25) is 4.98 Å². The third kappa shape index (κ3) is 1.52. The molecule has 0 amide bonds. The molecule has 1 fully saturated rings. The van der Waals surface area contributed by atoms with E-state index in [2.05, 4.69) is 36.5 Å². The maximum Gasteiger partial charge on any atom is 0.102 e. The number of pyridine rings is 1. The van der Waals surface area contributed by atoms with Gasteiger partial charge < -0.3 is 4.90 Å². The van der Waals surface area contributed by atoms with Gasteiger partial charge in [0.15, 0.2) is 0 Å². The first-order valence-electron chi connectivity index (χ1n) is 4.67. The van der Waals surface area contributed by atoms with Gasteiger partial charge in [0.05, 0.1) is 0 Å². The standard InChI is InChI=1S/C11H14N2S/c1-8-9(2)14-11(13(8)3)10-5-4-6-12-7-10/h4-7,9,11H,1H2,2-3H3. The van der Waals surface area contributed by atoms with Crippen LogP contribution in [0, 0.1) is 0 Å². The summed E-state index contributed by atoms with van der Waals surface area (Å²) in [6, 6.07) is 4.10. The van der Waals surface area contributed by atoms with Crippen molar-refractivity contribution in [3.63, 3.8) is 0 Å². The predicted molar refractivity (Wildman–Crippen MR) is 60.9 cm³/mol. The van der Waals surface area contributed by atoms with Crippen LogP contribution in [0.3, 0.4) is 0 Å². The quantitative estimate of drug-likeness (QED) is 0.702. The maximum atomic E-state index is 4.14. The van der Waals surface area contributed by atoms with Gasteiger partial charge in [0.1, 0.15) is 5.37 Å². The van der Waals surface area contributed by atoms with Crippen LogP contribution in [0.5, 0.6) is 0 Å². The van der Waals surface area contributed by atoms with Gasteiger partial charge in [-0.2, -0.15) is 0 Å². The van der Waals surface area contributed by atoms with Crippen LogP contribution in [0.4, 0.5) is 0 Å². The van der Waals surface area contributed by atoms with Crippen LogP contribution in [0.2, 0.25) is 0 Å². The van der Waals surface area contributed by atoms with Gasteiger partial charge >= 0.3 is 0 Å². The maximum absolute atomic E-state index is 4.14. The Morgan fingerprint density at radius 2 is 2.36 bits per heavy atom. The molecule has 14 heavy (non-hydrogen) atoms. The molecule has 74 valence electrons. The van der Waals surface area contributed by atoms with Crippen molar-refractivity contribution in [1.29, 1.82) is 0 Å². The van der Waals surface area contributed by atoms with Crippen molar-refractivity contribution in [1.82, 2.24) is 9.88 Å². The zero-order valence-electron chi connectivity index (χ0n) is 8.47. The molecule has 0 radical (unpaired) electrons. The molecule has 2 heterocycles. The molecule has 2 rings (SSSR count). The fourth-order valence-electron chi connectivity index (χ4n) is 1.62. The molecule has 1 aromatic heterocycles. The van der Waals surface area contributed by atoms with Gasteiger partial charge in [-0.25, -0.2) is 0 Å². The van der Waals surface area contributed by atoms with Crippen molar-refractivity contribution in [2.45, 2.75) is 17.5 Å². The number of rotatable bonds is 1. The Balaban J connectivity index is 2.26. The summed E-state index contributed by atoms with van der Waals surface area (Å²) in [6.07, 6.45) is 3.74. The van der Waals surface area contributed by atoms with Crippen LogP contribution in [0.25, 0.3) is 0 Å². The van der Waals surface area contributed by atoms with E-state index in [1.54, 1.807) is 6.20 Å². The minimum atomic E-state index is 0.381. The lowest BCUT2D eigenvalue weighted by Crippen LogP contribution is -2.15. The Morgan fingerprint density at radius 3 is 2.86 bits per heavy atom. The second-order valence-electron chi connectivity index (χ2n) is 3.52. The topological polar surface area (TPSA) is 16.1 Å². The second-order valence-corrected chi connectivity index (χ2v) is 4.95. The lowest BCUT2D eigenvalue weighted by molar-refractivity contribution is 0.414. The van der Waals surface area contributed by atoms with E-state index in [1.165, 1.54) is 11.3 Å². The summed E-state index contributed by atoms with van der Waals surface area (Å²) in [5.41, 5.74) is 2.45. The molecule has 2 unspecified atom stereocenters. The van der Waals surface area contributed by atoms with E-state index in [0.717, 1.165) is 0 Å². The Bertz CT molecular complexity index is 336. The summed E-state index contributed by atoms with van der Waals surface area (Å²) in [5.74, 6) is 0. The summed E-state index contributed by atoms with van der Waals surface area (Å²) >= 11 is 1.92. The van der Waals surface area contributed by atoms with E-state index in [4.69, 9.17) is 0 Å². The van der Waals surface area contributed by atoms with Gasteiger partial charge in [-0.1, -0.05) is 12.6 Å². The van der Waals surface area contributed by atoms with Crippen molar-refractivity contribution in [2.24, 2.45) is 0 Å². The van der Waals surface area contributed by atoms with Crippen molar-refractivity contribution < 1.29 is 0 Å². The van der Waals surface area contributed by atoms with Gasteiger partial charge in [-0.15, -0.1) is 11.8 Å². The summed E-state index contributed by atoms with van der Waals surface area (Å²) in [7, 11) is 2.09. The highest BCUT2D eigenvalue weighted by Crippen LogP contribution is 2.45. The molecule has 0 saturated carbocycles. The monoisotopic (exact) mass is 206 g/mol. The number of hydrogen-bond acceptors (Lipinski definition) is 3. The second kappa shape index (κ2) is 3.65. The molecule has 1 aromatic rings. The molecule has 0 aromatic carbocycles. The molecule has 0 N–H and O–H groups in total. The molecule has 1 saturated heterocycles. The molecule has 0 aliphatic carbocycles. The van der Waals surface area contributed by atoms with Gasteiger partial charge in [-0.05, 0) is 13.0 Å². The Hall–Kier alpha value is -0.960. The van der Waals surface area contributed by atoms with E-state index < -0.39 is 0 Å². The fourth-order valence-corrected chi connectivity index (χ4v) is 2.95. The molecular formula is C11H14N2S. The zero-order valence-corrected chi connectivity index (χ0v) is 9.29. The molecule has 1 aliphatic rings. The van der Waals surface area contributed by atoms with Crippen molar-refractivity contribution in [3.05, 3.63) is 42.4 Å². The van der Waals surface area contributed by atoms with E-state index in [0.29, 0.717) is 10.6 Å². The number of hydrogen-bond donors (Lipinski definition) is 0. The summed E-state index contributed by atoms with van der Waals surface area (Å²) in [6.45, 7) is 6.27. The van der Waals surface area contributed by atoms with Crippen LogP contribution < -0.4 is 0 Å². The fraction of sp³-hybridized carbons (Fsp3) is 0.364. The predicted octanol–water partition coefficient (Wildman–Crippen LogP) is 2.66. The van der Waals surface area contributed by atoms with Crippen LogP contribution >= 0.6 is 11.8 Å². The molecule has 3 heteroatoms.